The third-order valence-electron chi connectivity index (χ3n) is 3.61. The number of thioether (sulfide) groups is 1. The fourth-order valence-electron chi connectivity index (χ4n) is 2.34. The van der Waals surface area contributed by atoms with Gasteiger partial charge in [0.15, 0.2) is 5.17 Å². The number of benzene rings is 1. The molecule has 0 atom stereocenters. The minimum Gasteiger partial charge on any atom is -0.378 e. The number of amidine groups is 1. The molecule has 2 aliphatic rings. The normalized spacial score (nSPS) is 21.0. The van der Waals surface area contributed by atoms with Crippen LogP contribution >= 0.6 is 11.8 Å². The summed E-state index contributed by atoms with van der Waals surface area (Å²) in [6.45, 7) is 7.11. The van der Waals surface area contributed by atoms with Crippen molar-refractivity contribution in [2.24, 2.45) is 4.99 Å². The van der Waals surface area contributed by atoms with Gasteiger partial charge >= 0.3 is 0 Å². The van der Waals surface area contributed by atoms with Gasteiger partial charge in [0.1, 0.15) is 0 Å². The predicted molar refractivity (Wildman–Crippen MR) is 86.3 cm³/mol. The first-order valence-electron chi connectivity index (χ1n) is 7.06. The SMILES string of the molecule is Cc1ccc(C)c(C=C2SC(N3CCOCC3)=NC2=O)c1. The maximum absolute atomic E-state index is 12.1. The van der Waals surface area contributed by atoms with Gasteiger partial charge in [0, 0.05) is 13.1 Å². The molecule has 1 fully saturated rings. The molecular formula is C16H18N2O2S. The van der Waals surface area contributed by atoms with Crippen LogP contribution in [-0.2, 0) is 9.53 Å². The molecule has 0 saturated carbocycles. The van der Waals surface area contributed by atoms with Crippen LogP contribution < -0.4 is 0 Å². The Kier molecular flexibility index (Phi) is 4.12. The Bertz CT molecular complexity index is 631. The van der Waals surface area contributed by atoms with E-state index < -0.39 is 0 Å². The molecule has 1 aromatic carbocycles. The number of aliphatic imine (C=N–C) groups is 1. The molecule has 0 unspecified atom stereocenters. The van der Waals surface area contributed by atoms with E-state index in [1.165, 1.54) is 22.9 Å². The lowest BCUT2D eigenvalue weighted by Gasteiger charge is -2.27. The second-order valence-corrected chi connectivity index (χ2v) is 6.28. The number of hydrogen-bond donors (Lipinski definition) is 0. The van der Waals surface area contributed by atoms with Gasteiger partial charge in [-0.1, -0.05) is 23.8 Å². The maximum Gasteiger partial charge on any atom is 0.286 e. The zero-order valence-corrected chi connectivity index (χ0v) is 13.1. The van der Waals surface area contributed by atoms with Crippen molar-refractivity contribution in [3.63, 3.8) is 0 Å². The standard InChI is InChI=1S/C16H18N2O2S/c1-11-3-4-12(2)13(9-11)10-14-15(19)17-16(21-14)18-5-7-20-8-6-18/h3-4,9-10H,5-8H2,1-2H3. The second-order valence-electron chi connectivity index (χ2n) is 5.27. The summed E-state index contributed by atoms with van der Waals surface area (Å²) in [7, 11) is 0. The van der Waals surface area contributed by atoms with Crippen LogP contribution in [0.1, 0.15) is 16.7 Å². The molecule has 5 heteroatoms. The van der Waals surface area contributed by atoms with Crippen molar-refractivity contribution in [1.82, 2.24) is 4.90 Å². The molecule has 21 heavy (non-hydrogen) atoms. The van der Waals surface area contributed by atoms with Crippen LogP contribution in [-0.4, -0.2) is 42.3 Å². The zero-order valence-electron chi connectivity index (χ0n) is 12.3. The summed E-state index contributed by atoms with van der Waals surface area (Å²) in [5.74, 6) is -0.137. The molecule has 0 aromatic heterocycles. The average molecular weight is 302 g/mol. The molecule has 0 spiro atoms. The Morgan fingerprint density at radius 2 is 2.05 bits per heavy atom. The van der Waals surface area contributed by atoms with Crippen molar-refractivity contribution in [2.75, 3.05) is 26.3 Å². The fraction of sp³-hybridized carbons (Fsp3) is 0.375. The third-order valence-corrected chi connectivity index (χ3v) is 4.66. The molecule has 2 heterocycles. The molecule has 0 aliphatic carbocycles. The minimum absolute atomic E-state index is 0.137. The van der Waals surface area contributed by atoms with Crippen LogP contribution in [0.4, 0.5) is 0 Å². The van der Waals surface area contributed by atoms with Gasteiger partial charge in [-0.3, -0.25) is 4.79 Å². The Balaban J connectivity index is 1.80. The monoisotopic (exact) mass is 302 g/mol. The number of carbonyl (C=O) groups is 1. The van der Waals surface area contributed by atoms with Crippen molar-refractivity contribution in [1.29, 1.82) is 0 Å². The Hall–Kier alpha value is -1.59. The van der Waals surface area contributed by atoms with Crippen LogP contribution in [0, 0.1) is 13.8 Å². The van der Waals surface area contributed by atoms with E-state index in [-0.39, 0.29) is 5.91 Å². The van der Waals surface area contributed by atoms with Gasteiger partial charge in [0.25, 0.3) is 5.91 Å². The molecule has 0 N–H and O–H groups in total. The number of ether oxygens (including phenoxy) is 1. The van der Waals surface area contributed by atoms with E-state index in [2.05, 4.69) is 41.9 Å². The summed E-state index contributed by atoms with van der Waals surface area (Å²) >= 11 is 1.47. The quantitative estimate of drug-likeness (QED) is 0.748. The number of carbonyl (C=O) groups excluding carboxylic acids is 1. The molecule has 3 rings (SSSR count). The molecule has 4 nitrogen and oxygen atoms in total. The lowest BCUT2D eigenvalue weighted by Crippen LogP contribution is -2.38. The number of morpholine rings is 1. The van der Waals surface area contributed by atoms with E-state index in [0.29, 0.717) is 18.1 Å². The summed E-state index contributed by atoms with van der Waals surface area (Å²) in [5.41, 5.74) is 3.45. The first-order valence-corrected chi connectivity index (χ1v) is 7.87. The summed E-state index contributed by atoms with van der Waals surface area (Å²) < 4.78 is 5.33. The highest BCUT2D eigenvalue weighted by Crippen LogP contribution is 2.31. The number of nitrogens with zero attached hydrogens (tertiary/aromatic N) is 2. The summed E-state index contributed by atoms with van der Waals surface area (Å²) in [6, 6.07) is 6.26. The number of aryl methyl sites for hydroxylation is 2. The number of hydrogen-bond acceptors (Lipinski definition) is 4. The van der Waals surface area contributed by atoms with Crippen LogP contribution in [0.25, 0.3) is 6.08 Å². The van der Waals surface area contributed by atoms with Gasteiger partial charge in [-0.05, 0) is 42.8 Å². The van der Waals surface area contributed by atoms with Crippen molar-refractivity contribution in [2.45, 2.75) is 13.8 Å². The average Bonchev–Trinajstić information content (AvgIpc) is 2.85. The van der Waals surface area contributed by atoms with Gasteiger partial charge in [-0.15, -0.1) is 0 Å². The molecule has 0 radical (unpaired) electrons. The highest BCUT2D eigenvalue weighted by atomic mass is 32.2. The van der Waals surface area contributed by atoms with E-state index >= 15 is 0 Å². The lowest BCUT2D eigenvalue weighted by molar-refractivity contribution is -0.113. The van der Waals surface area contributed by atoms with E-state index in [9.17, 15) is 4.79 Å². The van der Waals surface area contributed by atoms with Gasteiger partial charge in [0.2, 0.25) is 0 Å². The highest BCUT2D eigenvalue weighted by Gasteiger charge is 2.27. The van der Waals surface area contributed by atoms with Crippen molar-refractivity contribution >= 4 is 28.9 Å². The summed E-state index contributed by atoms with van der Waals surface area (Å²) in [5, 5.41) is 0.805. The summed E-state index contributed by atoms with van der Waals surface area (Å²) in [6.07, 6.45) is 1.95. The van der Waals surface area contributed by atoms with Gasteiger partial charge in [-0.2, -0.15) is 4.99 Å². The Labute approximate surface area is 128 Å². The van der Waals surface area contributed by atoms with Gasteiger partial charge in [0.05, 0.1) is 18.1 Å². The fourth-order valence-corrected chi connectivity index (χ4v) is 3.30. The topological polar surface area (TPSA) is 41.9 Å². The van der Waals surface area contributed by atoms with Crippen molar-refractivity contribution < 1.29 is 9.53 Å². The largest absolute Gasteiger partial charge is 0.378 e. The van der Waals surface area contributed by atoms with Gasteiger partial charge in [-0.25, -0.2) is 0 Å². The van der Waals surface area contributed by atoms with Crippen LogP contribution in [0.3, 0.4) is 0 Å². The molecule has 1 amide bonds. The first kappa shape index (κ1) is 14.4. The lowest BCUT2D eigenvalue weighted by atomic mass is 10.1. The van der Waals surface area contributed by atoms with E-state index in [1.807, 2.05) is 6.08 Å². The van der Waals surface area contributed by atoms with E-state index in [1.54, 1.807) is 0 Å². The maximum atomic E-state index is 12.1. The molecule has 0 bridgehead atoms. The molecule has 2 aliphatic heterocycles. The van der Waals surface area contributed by atoms with E-state index in [4.69, 9.17) is 4.74 Å². The van der Waals surface area contributed by atoms with E-state index in [0.717, 1.165) is 23.8 Å². The van der Waals surface area contributed by atoms with Crippen molar-refractivity contribution in [3.8, 4) is 0 Å². The smallest absolute Gasteiger partial charge is 0.286 e. The molecule has 1 aromatic rings. The third kappa shape index (κ3) is 3.19. The molecule has 1 saturated heterocycles. The highest BCUT2D eigenvalue weighted by molar-refractivity contribution is 8.18. The number of amides is 1. The minimum atomic E-state index is -0.137. The first-order chi connectivity index (χ1) is 10.1. The van der Waals surface area contributed by atoms with Crippen LogP contribution in [0.2, 0.25) is 0 Å². The van der Waals surface area contributed by atoms with Crippen LogP contribution in [0.15, 0.2) is 28.1 Å². The van der Waals surface area contributed by atoms with Gasteiger partial charge < -0.3 is 9.64 Å². The summed E-state index contributed by atoms with van der Waals surface area (Å²) in [4.78, 5) is 19.1. The predicted octanol–water partition coefficient (Wildman–Crippen LogP) is 2.61. The molecule has 110 valence electrons. The second kappa shape index (κ2) is 6.03. The Morgan fingerprint density at radius 3 is 2.81 bits per heavy atom. The molecular weight excluding hydrogens is 284 g/mol. The number of rotatable bonds is 1. The Morgan fingerprint density at radius 1 is 1.29 bits per heavy atom. The van der Waals surface area contributed by atoms with Crippen LogP contribution in [0.5, 0.6) is 0 Å². The van der Waals surface area contributed by atoms with Crippen molar-refractivity contribution in [3.05, 3.63) is 39.8 Å². The zero-order chi connectivity index (χ0) is 14.8.